The number of hydrogen-bond acceptors (Lipinski definition) is 4. The Bertz CT molecular complexity index is 671. The Balaban J connectivity index is 2.29. The molecule has 0 aliphatic rings. The van der Waals surface area contributed by atoms with E-state index in [2.05, 4.69) is 16.9 Å². The maximum Gasteiger partial charge on any atom is 0.175 e. The van der Waals surface area contributed by atoms with Crippen LogP contribution in [0.5, 0.6) is 0 Å². The Morgan fingerprint density at radius 3 is 2.45 bits per heavy atom. The van der Waals surface area contributed by atoms with Crippen LogP contribution in [0, 0.1) is 0 Å². The Morgan fingerprint density at radius 1 is 1.30 bits per heavy atom. The number of aromatic amines is 1. The Labute approximate surface area is 119 Å². The molecule has 20 heavy (non-hydrogen) atoms. The fraction of sp³-hybridized carbons (Fsp3) is 0.357. The van der Waals surface area contributed by atoms with Crippen LogP contribution < -0.4 is 5.73 Å². The summed E-state index contributed by atoms with van der Waals surface area (Å²) in [6.45, 7) is 2.62. The van der Waals surface area contributed by atoms with Gasteiger partial charge in [-0.2, -0.15) is 0 Å². The first-order valence-corrected chi connectivity index (χ1v) is 8.40. The summed E-state index contributed by atoms with van der Waals surface area (Å²) in [7, 11) is -3.16. The summed E-state index contributed by atoms with van der Waals surface area (Å²) in [5.74, 6) is 1.09. The van der Waals surface area contributed by atoms with E-state index in [9.17, 15) is 8.42 Å². The van der Waals surface area contributed by atoms with Crippen LogP contribution in [0.2, 0.25) is 0 Å². The molecule has 5 nitrogen and oxygen atoms in total. The standard InChI is InChI=1S/C14H19N3O2S/c1-3-10(8-15)14-16-9-13(17-14)11-4-6-12(7-5-11)20(2,18)19/h4-7,9-10H,3,8,15H2,1-2H3,(H,16,17). The molecule has 0 saturated heterocycles. The van der Waals surface area contributed by atoms with Crippen LogP contribution in [0.4, 0.5) is 0 Å². The Morgan fingerprint density at radius 2 is 1.95 bits per heavy atom. The molecule has 0 radical (unpaired) electrons. The first kappa shape index (κ1) is 14.7. The Hall–Kier alpha value is -1.66. The lowest BCUT2D eigenvalue weighted by Crippen LogP contribution is -2.12. The maximum absolute atomic E-state index is 11.4. The summed E-state index contributed by atoms with van der Waals surface area (Å²) in [6.07, 6.45) is 3.88. The van der Waals surface area contributed by atoms with E-state index in [0.717, 1.165) is 23.5 Å². The van der Waals surface area contributed by atoms with E-state index in [1.54, 1.807) is 30.5 Å². The van der Waals surface area contributed by atoms with E-state index in [1.165, 1.54) is 6.26 Å². The summed E-state index contributed by atoms with van der Waals surface area (Å²) in [5.41, 5.74) is 7.48. The number of nitrogens with zero attached hydrogens (tertiary/aromatic N) is 1. The Kier molecular flexibility index (Phi) is 4.25. The summed E-state index contributed by atoms with van der Waals surface area (Å²) in [5, 5.41) is 0. The zero-order valence-electron chi connectivity index (χ0n) is 11.6. The number of aromatic nitrogens is 2. The highest BCUT2D eigenvalue weighted by Crippen LogP contribution is 2.22. The van der Waals surface area contributed by atoms with Crippen molar-refractivity contribution >= 4 is 9.84 Å². The first-order chi connectivity index (χ1) is 9.45. The van der Waals surface area contributed by atoms with Gasteiger partial charge in [-0.1, -0.05) is 19.1 Å². The van der Waals surface area contributed by atoms with E-state index >= 15 is 0 Å². The third-order valence-electron chi connectivity index (χ3n) is 3.35. The minimum absolute atomic E-state index is 0.221. The van der Waals surface area contributed by atoms with Gasteiger partial charge in [0.25, 0.3) is 0 Å². The lowest BCUT2D eigenvalue weighted by molar-refractivity contribution is 0.602. The number of nitrogens with one attached hydrogen (secondary N) is 1. The van der Waals surface area contributed by atoms with Crippen LogP contribution in [-0.2, 0) is 9.84 Å². The predicted molar refractivity (Wildman–Crippen MR) is 79.2 cm³/mol. The van der Waals surface area contributed by atoms with E-state index in [-0.39, 0.29) is 5.92 Å². The SMILES string of the molecule is CCC(CN)c1ncc(-c2ccc(S(C)(=O)=O)cc2)[nH]1. The average molecular weight is 293 g/mol. The van der Waals surface area contributed by atoms with Crippen molar-refractivity contribution in [1.29, 1.82) is 0 Å². The molecule has 0 aliphatic heterocycles. The summed E-state index contributed by atoms with van der Waals surface area (Å²) < 4.78 is 22.8. The number of nitrogens with two attached hydrogens (primary N) is 1. The van der Waals surface area contributed by atoms with Gasteiger partial charge >= 0.3 is 0 Å². The maximum atomic E-state index is 11.4. The van der Waals surface area contributed by atoms with E-state index < -0.39 is 9.84 Å². The fourth-order valence-corrected chi connectivity index (χ4v) is 2.67. The average Bonchev–Trinajstić information content (AvgIpc) is 2.89. The van der Waals surface area contributed by atoms with E-state index in [0.29, 0.717) is 11.4 Å². The molecular formula is C14H19N3O2S. The molecule has 0 amide bonds. The molecule has 0 bridgehead atoms. The lowest BCUT2D eigenvalue weighted by atomic mass is 10.1. The number of sulfone groups is 1. The van der Waals surface area contributed by atoms with Gasteiger partial charge in [-0.3, -0.25) is 0 Å². The monoisotopic (exact) mass is 293 g/mol. The highest BCUT2D eigenvalue weighted by atomic mass is 32.2. The van der Waals surface area contributed by atoms with Crippen molar-refractivity contribution in [2.45, 2.75) is 24.2 Å². The highest BCUT2D eigenvalue weighted by Gasteiger charge is 2.12. The second-order valence-electron chi connectivity index (χ2n) is 4.82. The number of imidazole rings is 1. The van der Waals surface area contributed by atoms with Gasteiger partial charge in [-0.25, -0.2) is 13.4 Å². The largest absolute Gasteiger partial charge is 0.342 e. The second kappa shape index (κ2) is 5.76. The summed E-state index contributed by atoms with van der Waals surface area (Å²) in [6, 6.07) is 6.75. The summed E-state index contributed by atoms with van der Waals surface area (Å²) in [4.78, 5) is 7.92. The van der Waals surface area contributed by atoms with Gasteiger partial charge in [0.05, 0.1) is 16.8 Å². The van der Waals surface area contributed by atoms with Crippen LogP contribution in [-0.4, -0.2) is 31.2 Å². The molecule has 1 unspecified atom stereocenters. The molecule has 3 N–H and O–H groups in total. The molecule has 1 aromatic carbocycles. The van der Waals surface area contributed by atoms with Crippen LogP contribution >= 0.6 is 0 Å². The van der Waals surface area contributed by atoms with Gasteiger partial charge in [0, 0.05) is 18.7 Å². The van der Waals surface area contributed by atoms with Crippen molar-refractivity contribution in [3.05, 3.63) is 36.3 Å². The van der Waals surface area contributed by atoms with Crippen molar-refractivity contribution in [1.82, 2.24) is 9.97 Å². The van der Waals surface area contributed by atoms with Gasteiger partial charge in [0.1, 0.15) is 5.82 Å². The topological polar surface area (TPSA) is 88.8 Å². The van der Waals surface area contributed by atoms with Crippen molar-refractivity contribution in [2.75, 3.05) is 12.8 Å². The van der Waals surface area contributed by atoms with Gasteiger partial charge < -0.3 is 10.7 Å². The third-order valence-corrected chi connectivity index (χ3v) is 4.48. The fourth-order valence-electron chi connectivity index (χ4n) is 2.04. The molecule has 0 spiro atoms. The van der Waals surface area contributed by atoms with E-state index in [4.69, 9.17) is 5.73 Å². The van der Waals surface area contributed by atoms with Crippen LogP contribution in [0.15, 0.2) is 35.4 Å². The zero-order chi connectivity index (χ0) is 14.8. The first-order valence-electron chi connectivity index (χ1n) is 6.51. The molecule has 1 heterocycles. The smallest absolute Gasteiger partial charge is 0.175 e. The van der Waals surface area contributed by atoms with Crippen molar-refractivity contribution < 1.29 is 8.42 Å². The zero-order valence-corrected chi connectivity index (χ0v) is 12.4. The molecule has 0 fully saturated rings. The van der Waals surface area contributed by atoms with Gasteiger partial charge in [-0.15, -0.1) is 0 Å². The van der Waals surface area contributed by atoms with Crippen molar-refractivity contribution in [3.63, 3.8) is 0 Å². The van der Waals surface area contributed by atoms with Gasteiger partial charge in [0.15, 0.2) is 9.84 Å². The third kappa shape index (κ3) is 3.08. The number of rotatable bonds is 5. The van der Waals surface area contributed by atoms with Gasteiger partial charge in [0.2, 0.25) is 0 Å². The molecule has 0 saturated carbocycles. The lowest BCUT2D eigenvalue weighted by Gasteiger charge is -2.08. The predicted octanol–water partition coefficient (Wildman–Crippen LogP) is 1.93. The van der Waals surface area contributed by atoms with Crippen LogP contribution in [0.3, 0.4) is 0 Å². The minimum atomic E-state index is -3.16. The molecule has 2 rings (SSSR count). The molecule has 1 aromatic heterocycles. The second-order valence-corrected chi connectivity index (χ2v) is 6.84. The normalized spacial score (nSPS) is 13.3. The quantitative estimate of drug-likeness (QED) is 0.881. The summed E-state index contributed by atoms with van der Waals surface area (Å²) >= 11 is 0. The highest BCUT2D eigenvalue weighted by molar-refractivity contribution is 7.90. The molecule has 0 aliphatic carbocycles. The number of hydrogen-bond donors (Lipinski definition) is 2. The van der Waals surface area contributed by atoms with Crippen molar-refractivity contribution in [3.8, 4) is 11.3 Å². The number of H-pyrrole nitrogens is 1. The molecule has 2 aromatic rings. The molecule has 6 heteroatoms. The number of benzene rings is 1. The van der Waals surface area contributed by atoms with Gasteiger partial charge in [-0.05, 0) is 24.1 Å². The molecule has 108 valence electrons. The van der Waals surface area contributed by atoms with Crippen molar-refractivity contribution in [2.24, 2.45) is 5.73 Å². The minimum Gasteiger partial charge on any atom is -0.342 e. The molecule has 1 atom stereocenters. The van der Waals surface area contributed by atoms with Crippen LogP contribution in [0.25, 0.3) is 11.3 Å². The van der Waals surface area contributed by atoms with Crippen LogP contribution in [0.1, 0.15) is 25.1 Å². The molecular weight excluding hydrogens is 274 g/mol. The van der Waals surface area contributed by atoms with E-state index in [1.807, 2.05) is 0 Å².